The molecular weight excluding hydrogens is 326 g/mol. The molecule has 0 spiro atoms. The van der Waals surface area contributed by atoms with E-state index in [0.717, 1.165) is 57.4 Å². The minimum atomic E-state index is 0.0677. The Balaban J connectivity index is 2.34. The fraction of sp³-hybridized carbons (Fsp3) is 0.875. The molecule has 0 aliphatic carbocycles. The molecule has 0 unspecified atom stereocenters. The second-order valence-corrected chi connectivity index (χ2v) is 6.67. The van der Waals surface area contributed by atoms with Crippen molar-refractivity contribution in [3.63, 3.8) is 0 Å². The topological polar surface area (TPSA) is 69.2 Å². The summed E-state index contributed by atoms with van der Waals surface area (Å²) in [6.45, 7) is 8.99. The van der Waals surface area contributed by atoms with Crippen molar-refractivity contribution in [1.82, 2.24) is 20.4 Å². The Kier molecular flexibility index (Phi) is 11.7. The first-order chi connectivity index (χ1) is 11.7. The van der Waals surface area contributed by atoms with Crippen LogP contribution in [-0.2, 0) is 9.53 Å². The zero-order valence-electron chi connectivity index (χ0n) is 15.3. The number of thioether (sulfide) groups is 1. The van der Waals surface area contributed by atoms with Crippen LogP contribution < -0.4 is 10.6 Å². The van der Waals surface area contributed by atoms with Crippen LogP contribution in [0.25, 0.3) is 0 Å². The third kappa shape index (κ3) is 8.75. The SMILES string of the molecule is CCNC(=NCCCSC)N1CCN(CC(=O)NCCOC)CC1. The molecule has 8 heteroatoms. The monoisotopic (exact) mass is 359 g/mol. The van der Waals surface area contributed by atoms with Gasteiger partial charge in [-0.25, -0.2) is 0 Å². The van der Waals surface area contributed by atoms with Gasteiger partial charge >= 0.3 is 0 Å². The Bertz CT molecular complexity index is 373. The van der Waals surface area contributed by atoms with Crippen LogP contribution in [0.15, 0.2) is 4.99 Å². The van der Waals surface area contributed by atoms with Crippen LogP contribution in [-0.4, -0.2) is 99.7 Å². The van der Waals surface area contributed by atoms with Gasteiger partial charge in [0.05, 0.1) is 13.2 Å². The molecule has 0 atom stereocenters. The largest absolute Gasteiger partial charge is 0.383 e. The highest BCUT2D eigenvalue weighted by molar-refractivity contribution is 7.98. The highest BCUT2D eigenvalue weighted by Gasteiger charge is 2.20. The normalized spacial score (nSPS) is 16.3. The molecule has 1 aliphatic heterocycles. The van der Waals surface area contributed by atoms with Gasteiger partial charge in [0.1, 0.15) is 0 Å². The van der Waals surface area contributed by atoms with E-state index in [1.807, 2.05) is 11.8 Å². The van der Waals surface area contributed by atoms with Crippen molar-refractivity contribution in [3.8, 4) is 0 Å². The van der Waals surface area contributed by atoms with Crippen LogP contribution in [0, 0.1) is 0 Å². The number of carbonyl (C=O) groups excluding carboxylic acids is 1. The van der Waals surface area contributed by atoms with E-state index in [1.165, 1.54) is 0 Å². The number of rotatable bonds is 10. The number of nitrogens with one attached hydrogen (secondary N) is 2. The van der Waals surface area contributed by atoms with E-state index >= 15 is 0 Å². The van der Waals surface area contributed by atoms with Crippen molar-refractivity contribution in [2.45, 2.75) is 13.3 Å². The van der Waals surface area contributed by atoms with Gasteiger partial charge in [0.2, 0.25) is 5.91 Å². The molecule has 1 heterocycles. The molecule has 0 saturated carbocycles. The average Bonchev–Trinajstić information content (AvgIpc) is 2.59. The minimum Gasteiger partial charge on any atom is -0.383 e. The van der Waals surface area contributed by atoms with E-state index < -0.39 is 0 Å². The molecule has 0 aromatic carbocycles. The highest BCUT2D eigenvalue weighted by atomic mass is 32.2. The lowest BCUT2D eigenvalue weighted by molar-refractivity contribution is -0.122. The molecule has 1 amide bonds. The molecule has 1 fully saturated rings. The van der Waals surface area contributed by atoms with Crippen LogP contribution in [0.5, 0.6) is 0 Å². The minimum absolute atomic E-state index is 0.0677. The lowest BCUT2D eigenvalue weighted by atomic mass is 10.3. The molecule has 1 saturated heterocycles. The Morgan fingerprint density at radius 1 is 1.25 bits per heavy atom. The first kappa shape index (κ1) is 21.1. The Labute approximate surface area is 150 Å². The summed E-state index contributed by atoms with van der Waals surface area (Å²) in [7, 11) is 1.63. The summed E-state index contributed by atoms with van der Waals surface area (Å²) in [6.07, 6.45) is 3.23. The van der Waals surface area contributed by atoms with Crippen molar-refractivity contribution in [2.24, 2.45) is 4.99 Å². The molecule has 2 N–H and O–H groups in total. The van der Waals surface area contributed by atoms with Gasteiger partial charge < -0.3 is 20.3 Å². The van der Waals surface area contributed by atoms with Crippen molar-refractivity contribution in [1.29, 1.82) is 0 Å². The maximum Gasteiger partial charge on any atom is 0.234 e. The van der Waals surface area contributed by atoms with E-state index in [9.17, 15) is 4.79 Å². The van der Waals surface area contributed by atoms with Crippen molar-refractivity contribution < 1.29 is 9.53 Å². The third-order valence-electron chi connectivity index (χ3n) is 3.77. The molecule has 140 valence electrons. The standard InChI is InChI=1S/C16H33N5O2S/c1-4-17-16(19-6-5-13-24-3)21-10-8-20(9-11-21)14-15(22)18-7-12-23-2/h4-14H2,1-3H3,(H,17,19)(H,18,22). The number of ether oxygens (including phenoxy) is 1. The molecular formula is C16H33N5O2S. The third-order valence-corrected chi connectivity index (χ3v) is 4.47. The number of aliphatic imine (C=N–C) groups is 1. The van der Waals surface area contributed by atoms with E-state index in [-0.39, 0.29) is 5.91 Å². The summed E-state index contributed by atoms with van der Waals surface area (Å²) in [5, 5.41) is 6.24. The lowest BCUT2D eigenvalue weighted by Crippen LogP contribution is -2.54. The molecule has 7 nitrogen and oxygen atoms in total. The Morgan fingerprint density at radius 2 is 2.00 bits per heavy atom. The number of nitrogens with zero attached hydrogens (tertiary/aromatic N) is 3. The number of guanidine groups is 1. The number of amides is 1. The zero-order valence-corrected chi connectivity index (χ0v) is 16.2. The van der Waals surface area contributed by atoms with E-state index in [2.05, 4.69) is 33.6 Å². The first-order valence-corrected chi connectivity index (χ1v) is 10.1. The van der Waals surface area contributed by atoms with Gasteiger partial charge in [0.15, 0.2) is 5.96 Å². The Morgan fingerprint density at radius 3 is 2.62 bits per heavy atom. The van der Waals surface area contributed by atoms with E-state index in [0.29, 0.717) is 19.7 Å². The smallest absolute Gasteiger partial charge is 0.234 e. The van der Waals surface area contributed by atoms with Gasteiger partial charge in [0.25, 0.3) is 0 Å². The second-order valence-electron chi connectivity index (χ2n) is 5.69. The van der Waals surface area contributed by atoms with Crippen LogP contribution >= 0.6 is 11.8 Å². The van der Waals surface area contributed by atoms with Gasteiger partial charge in [-0.3, -0.25) is 14.7 Å². The summed E-state index contributed by atoms with van der Waals surface area (Å²) in [5.74, 6) is 2.22. The van der Waals surface area contributed by atoms with Gasteiger partial charge in [-0.15, -0.1) is 0 Å². The zero-order chi connectivity index (χ0) is 17.6. The quantitative estimate of drug-likeness (QED) is 0.327. The van der Waals surface area contributed by atoms with Gasteiger partial charge in [-0.05, 0) is 25.4 Å². The fourth-order valence-electron chi connectivity index (χ4n) is 2.49. The van der Waals surface area contributed by atoms with E-state index in [1.54, 1.807) is 7.11 Å². The van der Waals surface area contributed by atoms with Crippen LogP contribution in [0.3, 0.4) is 0 Å². The van der Waals surface area contributed by atoms with Gasteiger partial charge in [-0.2, -0.15) is 11.8 Å². The molecule has 0 aromatic heterocycles. The van der Waals surface area contributed by atoms with Crippen molar-refractivity contribution in [3.05, 3.63) is 0 Å². The van der Waals surface area contributed by atoms with Gasteiger partial charge in [-0.1, -0.05) is 0 Å². The van der Waals surface area contributed by atoms with Crippen LogP contribution in [0.1, 0.15) is 13.3 Å². The van der Waals surface area contributed by atoms with E-state index in [4.69, 9.17) is 9.73 Å². The molecule has 0 radical (unpaired) electrons. The average molecular weight is 360 g/mol. The van der Waals surface area contributed by atoms with Crippen LogP contribution in [0.4, 0.5) is 0 Å². The summed E-state index contributed by atoms with van der Waals surface area (Å²) >= 11 is 1.86. The van der Waals surface area contributed by atoms with Gasteiger partial charge in [0, 0.05) is 52.9 Å². The predicted molar refractivity (Wildman–Crippen MR) is 102 cm³/mol. The summed E-state index contributed by atoms with van der Waals surface area (Å²) in [6, 6.07) is 0. The number of hydrogen-bond acceptors (Lipinski definition) is 5. The fourth-order valence-corrected chi connectivity index (χ4v) is 2.91. The molecule has 1 rings (SSSR count). The summed E-state index contributed by atoms with van der Waals surface area (Å²) in [4.78, 5) is 21.0. The molecule has 0 bridgehead atoms. The maximum absolute atomic E-state index is 11.8. The summed E-state index contributed by atoms with van der Waals surface area (Å²) in [5.41, 5.74) is 0. The Hall–Kier alpha value is -0.990. The number of piperazine rings is 1. The number of methoxy groups -OCH3 is 1. The predicted octanol–water partition coefficient (Wildman–Crippen LogP) is 0.0852. The highest BCUT2D eigenvalue weighted by Crippen LogP contribution is 2.03. The van der Waals surface area contributed by atoms with Crippen molar-refractivity contribution in [2.75, 3.05) is 78.1 Å². The first-order valence-electron chi connectivity index (χ1n) is 8.71. The second kappa shape index (κ2) is 13.3. The maximum atomic E-state index is 11.8. The number of carbonyl (C=O) groups is 1. The van der Waals surface area contributed by atoms with Crippen molar-refractivity contribution >= 4 is 23.6 Å². The molecule has 1 aliphatic rings. The molecule has 0 aromatic rings. The lowest BCUT2D eigenvalue weighted by Gasteiger charge is -2.36. The number of hydrogen-bond donors (Lipinski definition) is 2. The summed E-state index contributed by atoms with van der Waals surface area (Å²) < 4.78 is 4.94. The molecule has 24 heavy (non-hydrogen) atoms. The van der Waals surface area contributed by atoms with Crippen LogP contribution in [0.2, 0.25) is 0 Å².